The zero-order valence-electron chi connectivity index (χ0n) is 19.1. The predicted molar refractivity (Wildman–Crippen MR) is 131 cm³/mol. The molecule has 0 spiro atoms. The van der Waals surface area contributed by atoms with E-state index in [1.807, 2.05) is 0 Å². The first-order chi connectivity index (χ1) is 13.9. The predicted octanol–water partition coefficient (Wildman–Crippen LogP) is 9.28. The van der Waals surface area contributed by atoms with Crippen LogP contribution in [-0.2, 0) is 16.5 Å². The maximum atomic E-state index is 1.71. The van der Waals surface area contributed by atoms with Crippen molar-refractivity contribution in [2.24, 2.45) is 0 Å². The Kier molecular flexibility index (Phi) is 11.9. The van der Waals surface area contributed by atoms with E-state index in [-0.39, 0.29) is 16.5 Å². The van der Waals surface area contributed by atoms with Gasteiger partial charge in [-0.1, -0.05) is 92.9 Å². The van der Waals surface area contributed by atoms with Crippen LogP contribution in [0.15, 0.2) is 0 Å². The van der Waals surface area contributed by atoms with E-state index in [9.17, 15) is 0 Å². The molecule has 0 nitrogen and oxygen atoms in total. The van der Waals surface area contributed by atoms with Crippen molar-refractivity contribution >= 4 is 15.8 Å². The van der Waals surface area contributed by atoms with Crippen LogP contribution in [0.1, 0.15) is 128 Å². The van der Waals surface area contributed by atoms with Gasteiger partial charge >= 0.3 is 0 Å². The normalized spacial score (nSPS) is 26.7. The molecule has 4 rings (SSSR count). The largest absolute Gasteiger partial charge is 0.1000 e. The summed E-state index contributed by atoms with van der Waals surface area (Å²) in [6.45, 7) is 0. The third-order valence-electron chi connectivity index (χ3n) is 8.79. The molecule has 4 saturated carbocycles. The second-order valence-electron chi connectivity index (χ2n) is 10.6. The summed E-state index contributed by atoms with van der Waals surface area (Å²) in [5, 5.41) is 0. The molecular formula is C26H48NiP2. The maximum Gasteiger partial charge on any atom is 0 e. The van der Waals surface area contributed by atoms with Crippen LogP contribution in [0.2, 0.25) is 0 Å². The Labute approximate surface area is 195 Å². The van der Waals surface area contributed by atoms with Gasteiger partial charge in [-0.25, -0.2) is 0 Å². The van der Waals surface area contributed by atoms with Crippen LogP contribution in [0.4, 0.5) is 0 Å². The minimum Gasteiger partial charge on any atom is -0.1000 e. The van der Waals surface area contributed by atoms with Gasteiger partial charge in [-0.3, -0.25) is 0 Å². The standard InChI is InChI=1S/C26H48P2.Ni/c1-5-13-23(14-6-1)27(24-15-7-2-8-16-24)21-22-28(25-17-9-3-10-18-25)26-19-11-4-12-20-26;/h23-26H,1-22H2;. The van der Waals surface area contributed by atoms with E-state index in [4.69, 9.17) is 0 Å². The van der Waals surface area contributed by atoms with E-state index in [0.717, 1.165) is 0 Å². The summed E-state index contributed by atoms with van der Waals surface area (Å²) >= 11 is 0. The zero-order chi connectivity index (χ0) is 19.0. The summed E-state index contributed by atoms with van der Waals surface area (Å²) < 4.78 is 0. The van der Waals surface area contributed by atoms with E-state index in [1.54, 1.807) is 141 Å². The summed E-state index contributed by atoms with van der Waals surface area (Å²) in [4.78, 5) is 0. The number of hydrogen-bond acceptors (Lipinski definition) is 0. The molecule has 0 aromatic rings. The maximum absolute atomic E-state index is 1.71. The Bertz CT molecular complexity index is 342. The van der Waals surface area contributed by atoms with Gasteiger partial charge in [0.1, 0.15) is 0 Å². The van der Waals surface area contributed by atoms with E-state index >= 15 is 0 Å². The smallest absolute Gasteiger partial charge is 0 e. The minimum absolute atomic E-state index is 0. The van der Waals surface area contributed by atoms with Crippen molar-refractivity contribution in [3.63, 3.8) is 0 Å². The second-order valence-corrected chi connectivity index (χ2v) is 16.5. The Morgan fingerprint density at radius 1 is 0.345 bits per heavy atom. The zero-order valence-corrected chi connectivity index (χ0v) is 21.9. The van der Waals surface area contributed by atoms with Gasteiger partial charge < -0.3 is 0 Å². The van der Waals surface area contributed by atoms with Gasteiger partial charge in [0.05, 0.1) is 0 Å². The van der Waals surface area contributed by atoms with E-state index in [0.29, 0.717) is 15.8 Å². The molecule has 0 aromatic carbocycles. The molecule has 0 amide bonds. The molecule has 0 unspecified atom stereocenters. The molecule has 29 heavy (non-hydrogen) atoms. The Hall–Kier alpha value is 1.35. The number of hydrogen-bond donors (Lipinski definition) is 0. The molecule has 172 valence electrons. The van der Waals surface area contributed by atoms with Gasteiger partial charge in [0.15, 0.2) is 0 Å². The van der Waals surface area contributed by atoms with Crippen LogP contribution in [0, 0.1) is 0 Å². The average Bonchev–Trinajstić information content (AvgIpc) is 2.79. The molecule has 0 saturated heterocycles. The fraction of sp³-hybridized carbons (Fsp3) is 1.00. The Morgan fingerprint density at radius 3 is 0.759 bits per heavy atom. The van der Waals surface area contributed by atoms with Crippen molar-refractivity contribution in [1.82, 2.24) is 0 Å². The van der Waals surface area contributed by atoms with Crippen molar-refractivity contribution in [3.05, 3.63) is 0 Å². The molecule has 0 aliphatic heterocycles. The second kappa shape index (κ2) is 13.8. The van der Waals surface area contributed by atoms with E-state index in [2.05, 4.69) is 0 Å². The SMILES string of the molecule is C1CCC(P(CCP(C2CCCCC2)C2CCCCC2)C2CCCCC2)CC1.[Ni]. The molecule has 4 fully saturated rings. The summed E-state index contributed by atoms with van der Waals surface area (Å²) in [5.41, 5.74) is 4.73. The first kappa shape index (κ1) is 25.0. The summed E-state index contributed by atoms with van der Waals surface area (Å²) in [6, 6.07) is 0. The fourth-order valence-electron chi connectivity index (χ4n) is 7.21. The van der Waals surface area contributed by atoms with Gasteiger partial charge in [0.2, 0.25) is 0 Å². The van der Waals surface area contributed by atoms with Crippen LogP contribution in [-0.4, -0.2) is 35.0 Å². The first-order valence-electron chi connectivity index (χ1n) is 13.4. The molecule has 0 atom stereocenters. The van der Waals surface area contributed by atoms with Gasteiger partial charge in [0.25, 0.3) is 0 Å². The third kappa shape index (κ3) is 7.43. The quantitative estimate of drug-likeness (QED) is 0.251. The van der Waals surface area contributed by atoms with Crippen molar-refractivity contribution < 1.29 is 16.5 Å². The van der Waals surface area contributed by atoms with Crippen molar-refractivity contribution in [2.45, 2.75) is 151 Å². The van der Waals surface area contributed by atoms with Crippen LogP contribution in [0.3, 0.4) is 0 Å². The molecule has 0 radical (unpaired) electrons. The van der Waals surface area contributed by atoms with Gasteiger partial charge in [-0.15, -0.1) is 0 Å². The van der Waals surface area contributed by atoms with Crippen LogP contribution >= 0.6 is 15.8 Å². The molecule has 0 bridgehead atoms. The van der Waals surface area contributed by atoms with Crippen LogP contribution in [0.5, 0.6) is 0 Å². The molecule has 4 aliphatic rings. The molecule has 0 aromatic heterocycles. The monoisotopic (exact) mass is 480 g/mol. The Morgan fingerprint density at radius 2 is 0.552 bits per heavy atom. The number of rotatable bonds is 7. The Balaban J connectivity index is 0.00000240. The third-order valence-corrected chi connectivity index (χ3v) is 16.4. The van der Waals surface area contributed by atoms with Crippen molar-refractivity contribution in [1.29, 1.82) is 0 Å². The first-order valence-corrected chi connectivity index (χ1v) is 16.8. The minimum atomic E-state index is 0. The molecule has 3 heteroatoms. The van der Waals surface area contributed by atoms with Gasteiger partial charge in [-0.05, 0) is 86.3 Å². The molecule has 0 heterocycles. The van der Waals surface area contributed by atoms with E-state index < -0.39 is 0 Å². The summed E-state index contributed by atoms with van der Waals surface area (Å²) in [6.07, 6.45) is 35.1. The molecule has 4 aliphatic carbocycles. The van der Waals surface area contributed by atoms with E-state index in [1.165, 1.54) is 22.6 Å². The summed E-state index contributed by atoms with van der Waals surface area (Å²) in [7, 11) is 0.689. The van der Waals surface area contributed by atoms with Gasteiger partial charge in [-0.2, -0.15) is 0 Å². The average molecular weight is 481 g/mol. The van der Waals surface area contributed by atoms with Crippen molar-refractivity contribution in [3.8, 4) is 0 Å². The molecule has 0 N–H and O–H groups in total. The molecular weight excluding hydrogens is 433 g/mol. The van der Waals surface area contributed by atoms with Crippen molar-refractivity contribution in [2.75, 3.05) is 12.3 Å². The summed E-state index contributed by atoms with van der Waals surface area (Å²) in [5.74, 6) is 0. The van der Waals surface area contributed by atoms with Gasteiger partial charge in [0, 0.05) is 16.5 Å². The van der Waals surface area contributed by atoms with Crippen LogP contribution < -0.4 is 0 Å². The topological polar surface area (TPSA) is 0 Å². The fourth-order valence-corrected chi connectivity index (χ4v) is 15.8. The van der Waals surface area contributed by atoms with Crippen LogP contribution in [0.25, 0.3) is 0 Å².